The molecule has 0 aliphatic carbocycles. The molecule has 0 fully saturated rings. The molecule has 3 rings (SSSR count). The van der Waals surface area contributed by atoms with E-state index in [1.807, 2.05) is 0 Å². The molecule has 3 aromatic rings. The van der Waals surface area contributed by atoms with Gasteiger partial charge in [0.2, 0.25) is 0 Å². The number of nitrogens with one attached hydrogen (secondary N) is 2. The van der Waals surface area contributed by atoms with Crippen molar-refractivity contribution in [3.8, 4) is 5.75 Å². The van der Waals surface area contributed by atoms with Crippen molar-refractivity contribution in [1.29, 1.82) is 0 Å². The van der Waals surface area contributed by atoms with E-state index in [9.17, 15) is 53.5 Å². The van der Waals surface area contributed by atoms with Crippen LogP contribution in [-0.2, 0) is 6.18 Å². The molecule has 1 atom stereocenters. The summed E-state index contributed by atoms with van der Waals surface area (Å²) in [6.07, 6.45) is -14.6. The highest BCUT2D eigenvalue weighted by Crippen LogP contribution is 2.34. The third kappa shape index (κ3) is 6.80. The number of nitrogen functional groups attached to an aromatic ring is 1. The van der Waals surface area contributed by atoms with Crippen LogP contribution in [0.25, 0.3) is 0 Å². The van der Waals surface area contributed by atoms with Crippen LogP contribution >= 0.6 is 0 Å². The quantitative estimate of drug-likeness (QED) is 0.142. The fourth-order valence-electron chi connectivity index (χ4n) is 3.44. The van der Waals surface area contributed by atoms with Crippen molar-refractivity contribution in [2.75, 3.05) is 0 Å². The third-order valence-corrected chi connectivity index (χ3v) is 5.24. The van der Waals surface area contributed by atoms with Crippen LogP contribution in [0, 0.1) is 17.5 Å². The van der Waals surface area contributed by atoms with Crippen LogP contribution < -0.4 is 21.3 Å². The Labute approximate surface area is 217 Å². The van der Waals surface area contributed by atoms with E-state index in [0.717, 1.165) is 12.1 Å². The van der Waals surface area contributed by atoms with Gasteiger partial charge in [-0.25, -0.2) is 19.0 Å². The molecular weight excluding hydrogens is 568 g/mol. The normalized spacial score (nSPS) is 12.7. The minimum absolute atomic E-state index is 0.156. The molecule has 0 heterocycles. The first kappa shape index (κ1) is 30.2. The van der Waals surface area contributed by atoms with Crippen LogP contribution in [-0.4, -0.2) is 24.3 Å². The van der Waals surface area contributed by atoms with Gasteiger partial charge in [-0.05, 0) is 53.6 Å². The summed E-state index contributed by atoms with van der Waals surface area (Å²) in [5, 5.41) is 2.14. The van der Waals surface area contributed by atoms with Gasteiger partial charge < -0.3 is 10.1 Å². The van der Waals surface area contributed by atoms with Gasteiger partial charge in [0.05, 0.1) is 17.2 Å². The Morgan fingerprint density at radius 1 is 0.800 bits per heavy atom. The number of nitrogens with two attached hydrogens (primary N) is 1. The largest absolute Gasteiger partial charge is 0.461 e. The van der Waals surface area contributed by atoms with Crippen LogP contribution in [0.5, 0.6) is 5.75 Å². The first-order chi connectivity index (χ1) is 18.5. The summed E-state index contributed by atoms with van der Waals surface area (Å²) < 4.78 is 138. The Bertz CT molecular complexity index is 1430. The van der Waals surface area contributed by atoms with E-state index in [1.54, 1.807) is 5.43 Å². The molecule has 16 heteroatoms. The lowest BCUT2D eigenvalue weighted by molar-refractivity contribution is -0.253. The Balaban J connectivity index is 2.14. The van der Waals surface area contributed by atoms with E-state index in [2.05, 4.69) is 10.1 Å². The third-order valence-electron chi connectivity index (χ3n) is 5.24. The van der Waals surface area contributed by atoms with Crippen molar-refractivity contribution in [3.05, 3.63) is 99.9 Å². The standard InChI is InChI=1S/C24H15F10N3O3/c25-13-5-12(6-14(9-13)40-24(33,34)22(28)29)19(10-1-3-17(26)15(7-10)21(39)37-35)36-20(38)11-2-4-18(27)16(8-11)23(30,31)32/h1-9,19,22H,35H2,(H,36,38)(H,37,39)/t19-/m1/s1. The van der Waals surface area contributed by atoms with Gasteiger partial charge in [0, 0.05) is 11.6 Å². The summed E-state index contributed by atoms with van der Waals surface area (Å²) in [5.41, 5.74) is -2.46. The fourth-order valence-corrected chi connectivity index (χ4v) is 3.44. The summed E-state index contributed by atoms with van der Waals surface area (Å²) in [4.78, 5) is 24.8. The number of carbonyl (C=O) groups is 2. The monoisotopic (exact) mass is 583 g/mol. The van der Waals surface area contributed by atoms with Gasteiger partial charge in [0.1, 0.15) is 23.2 Å². The van der Waals surface area contributed by atoms with Gasteiger partial charge in [-0.15, -0.1) is 0 Å². The van der Waals surface area contributed by atoms with Gasteiger partial charge in [0.25, 0.3) is 11.8 Å². The molecule has 0 unspecified atom stereocenters. The SMILES string of the molecule is NNC(=O)c1cc([C@@H](NC(=O)c2ccc(F)c(C(F)(F)F)c2)c2cc(F)cc(OC(F)(F)C(F)F)c2)ccc1F. The molecular formula is C24H15F10N3O3. The average molecular weight is 583 g/mol. The number of hydrogen-bond acceptors (Lipinski definition) is 4. The first-order valence-electron chi connectivity index (χ1n) is 10.7. The fraction of sp³-hybridized carbons (Fsp3) is 0.167. The molecule has 0 bridgehead atoms. The number of halogens is 10. The van der Waals surface area contributed by atoms with Crippen LogP contribution in [0.1, 0.15) is 43.4 Å². The Kier molecular flexibility index (Phi) is 8.62. The number of ether oxygens (including phenoxy) is 1. The maximum atomic E-state index is 14.4. The van der Waals surface area contributed by atoms with Gasteiger partial charge in [-0.3, -0.25) is 15.0 Å². The Morgan fingerprint density at radius 3 is 2.05 bits per heavy atom. The van der Waals surface area contributed by atoms with Gasteiger partial charge in [-0.2, -0.15) is 30.7 Å². The number of hydrazine groups is 1. The number of benzene rings is 3. The maximum Gasteiger partial charge on any atom is 0.461 e. The molecule has 0 saturated carbocycles. The predicted molar refractivity (Wildman–Crippen MR) is 117 cm³/mol. The molecule has 0 spiro atoms. The number of carbonyl (C=O) groups excluding carboxylic acids is 2. The van der Waals surface area contributed by atoms with E-state index >= 15 is 0 Å². The molecule has 214 valence electrons. The number of alkyl halides is 7. The smallest absolute Gasteiger partial charge is 0.428 e. The van der Waals surface area contributed by atoms with Gasteiger partial charge >= 0.3 is 18.7 Å². The molecule has 0 aromatic heterocycles. The minimum atomic E-state index is -5.20. The Morgan fingerprint density at radius 2 is 1.45 bits per heavy atom. The van der Waals surface area contributed by atoms with Crippen molar-refractivity contribution in [2.45, 2.75) is 24.8 Å². The van der Waals surface area contributed by atoms with Gasteiger partial charge in [-0.1, -0.05) is 6.07 Å². The molecule has 0 aliphatic rings. The second kappa shape index (κ2) is 11.4. The number of amides is 2. The average Bonchev–Trinajstić information content (AvgIpc) is 2.86. The second-order valence-corrected chi connectivity index (χ2v) is 8.00. The summed E-state index contributed by atoms with van der Waals surface area (Å²) in [6, 6.07) is 3.31. The maximum absolute atomic E-state index is 14.4. The highest BCUT2D eigenvalue weighted by Gasteiger charge is 2.44. The molecule has 0 saturated heterocycles. The van der Waals surface area contributed by atoms with Crippen molar-refractivity contribution < 1.29 is 58.2 Å². The predicted octanol–water partition coefficient (Wildman–Crippen LogP) is 5.48. The Hall–Kier alpha value is -4.34. The lowest BCUT2D eigenvalue weighted by Crippen LogP contribution is -2.34. The zero-order valence-electron chi connectivity index (χ0n) is 19.4. The molecule has 0 aliphatic heterocycles. The van der Waals surface area contributed by atoms with E-state index in [4.69, 9.17) is 5.84 Å². The molecule has 40 heavy (non-hydrogen) atoms. The summed E-state index contributed by atoms with van der Waals surface area (Å²) in [6.45, 7) is 0. The van der Waals surface area contributed by atoms with Crippen molar-refractivity contribution in [3.63, 3.8) is 0 Å². The van der Waals surface area contributed by atoms with Gasteiger partial charge in [0.15, 0.2) is 0 Å². The molecule has 2 amide bonds. The van der Waals surface area contributed by atoms with Crippen LogP contribution in [0.15, 0.2) is 54.6 Å². The summed E-state index contributed by atoms with van der Waals surface area (Å²) >= 11 is 0. The highest BCUT2D eigenvalue weighted by atomic mass is 19.4. The van der Waals surface area contributed by atoms with Crippen molar-refractivity contribution in [2.24, 2.45) is 5.84 Å². The van der Waals surface area contributed by atoms with Crippen LogP contribution in [0.3, 0.4) is 0 Å². The molecule has 3 aromatic carbocycles. The lowest BCUT2D eigenvalue weighted by Gasteiger charge is -2.23. The van der Waals surface area contributed by atoms with Crippen molar-refractivity contribution in [1.82, 2.24) is 10.7 Å². The zero-order chi connectivity index (χ0) is 30.0. The lowest BCUT2D eigenvalue weighted by atomic mass is 9.95. The second-order valence-electron chi connectivity index (χ2n) is 8.00. The van der Waals surface area contributed by atoms with E-state index in [-0.39, 0.29) is 11.6 Å². The molecule has 6 nitrogen and oxygen atoms in total. The molecule has 0 radical (unpaired) electrons. The van der Waals surface area contributed by atoms with E-state index < -0.39 is 82.0 Å². The van der Waals surface area contributed by atoms with Crippen LogP contribution in [0.4, 0.5) is 43.9 Å². The first-order valence-corrected chi connectivity index (χ1v) is 10.7. The number of rotatable bonds is 8. The van der Waals surface area contributed by atoms with Crippen molar-refractivity contribution >= 4 is 11.8 Å². The van der Waals surface area contributed by atoms with Crippen LogP contribution in [0.2, 0.25) is 0 Å². The topological polar surface area (TPSA) is 93.5 Å². The highest BCUT2D eigenvalue weighted by molar-refractivity contribution is 5.96. The summed E-state index contributed by atoms with van der Waals surface area (Å²) in [5.74, 6) is -2.88. The van der Waals surface area contributed by atoms with E-state index in [1.165, 1.54) is 0 Å². The minimum Gasteiger partial charge on any atom is -0.428 e. The summed E-state index contributed by atoms with van der Waals surface area (Å²) in [7, 11) is 0. The zero-order valence-corrected chi connectivity index (χ0v) is 19.4. The molecule has 4 N–H and O–H groups in total. The van der Waals surface area contributed by atoms with E-state index in [0.29, 0.717) is 36.4 Å². The number of hydrogen-bond donors (Lipinski definition) is 3.